The summed E-state index contributed by atoms with van der Waals surface area (Å²) in [5.41, 5.74) is -0.984. The molecule has 3 nitrogen and oxygen atoms in total. The van der Waals surface area contributed by atoms with Crippen LogP contribution in [0.5, 0.6) is 0 Å². The lowest BCUT2D eigenvalue weighted by Gasteiger charge is -2.14. The highest BCUT2D eigenvalue weighted by Gasteiger charge is 2.33. The normalized spacial score (nSPS) is 12.4. The molecule has 1 aromatic rings. The largest absolute Gasteiger partial charge is 0.478 e. The summed E-state index contributed by atoms with van der Waals surface area (Å²) < 4.78 is 38.2. The number of hydrogen-bond acceptors (Lipinski definition) is 2. The van der Waals surface area contributed by atoms with Crippen LogP contribution in [-0.2, 0) is 11.0 Å². The molecule has 1 rings (SSSR count). The third-order valence-electron chi connectivity index (χ3n) is 2.33. The van der Waals surface area contributed by atoms with Gasteiger partial charge in [-0.05, 0) is 25.1 Å². The zero-order valence-electron chi connectivity index (χ0n) is 9.88. The number of nitrogens with one attached hydrogen (secondary N) is 1. The molecule has 2 N–H and O–H groups in total. The molecule has 0 amide bonds. The van der Waals surface area contributed by atoms with Crippen LogP contribution in [0.3, 0.4) is 0 Å². The standard InChI is InChI=1S/C12H11ClF3NO2/c1-7(11(18)19)4-5-17-10-3-2-8(13)6-9(10)12(14,15)16/h2-4,6,17H,5H2,1H3,(H,18,19)/b7-4-. The number of halogens is 4. The van der Waals surface area contributed by atoms with Crippen LogP contribution in [-0.4, -0.2) is 17.6 Å². The third-order valence-corrected chi connectivity index (χ3v) is 2.56. The van der Waals surface area contributed by atoms with Crippen molar-refractivity contribution in [2.75, 3.05) is 11.9 Å². The van der Waals surface area contributed by atoms with E-state index in [0.717, 1.165) is 6.07 Å². The number of aliphatic carboxylic acids is 1. The Hall–Kier alpha value is -1.69. The molecule has 7 heteroatoms. The molecule has 0 aliphatic rings. The highest BCUT2D eigenvalue weighted by atomic mass is 35.5. The molecule has 0 spiro atoms. The molecule has 0 saturated carbocycles. The van der Waals surface area contributed by atoms with Crippen molar-refractivity contribution in [2.24, 2.45) is 0 Å². The molecule has 0 aliphatic carbocycles. The number of hydrogen-bond donors (Lipinski definition) is 2. The van der Waals surface area contributed by atoms with E-state index in [-0.39, 0.29) is 22.8 Å². The Labute approximate surface area is 112 Å². The van der Waals surface area contributed by atoms with Gasteiger partial charge in [0, 0.05) is 22.8 Å². The molecule has 0 saturated heterocycles. The summed E-state index contributed by atoms with van der Waals surface area (Å²) in [7, 11) is 0. The lowest BCUT2D eigenvalue weighted by Crippen LogP contribution is -2.11. The molecular weight excluding hydrogens is 283 g/mol. The van der Waals surface area contributed by atoms with Crippen LogP contribution in [0, 0.1) is 0 Å². The van der Waals surface area contributed by atoms with Crippen molar-refractivity contribution in [1.29, 1.82) is 0 Å². The zero-order chi connectivity index (χ0) is 14.6. The van der Waals surface area contributed by atoms with Gasteiger partial charge in [-0.2, -0.15) is 13.2 Å². The second-order valence-electron chi connectivity index (χ2n) is 3.76. The van der Waals surface area contributed by atoms with E-state index >= 15 is 0 Å². The van der Waals surface area contributed by atoms with Gasteiger partial charge in [0.2, 0.25) is 0 Å². The first-order valence-electron chi connectivity index (χ1n) is 5.22. The van der Waals surface area contributed by atoms with Gasteiger partial charge in [0.1, 0.15) is 0 Å². The Kier molecular flexibility index (Phi) is 4.83. The minimum Gasteiger partial charge on any atom is -0.478 e. The lowest BCUT2D eigenvalue weighted by molar-refractivity contribution is -0.137. The molecule has 0 bridgehead atoms. The van der Waals surface area contributed by atoms with Crippen LogP contribution in [0.2, 0.25) is 5.02 Å². The third kappa shape index (κ3) is 4.48. The smallest absolute Gasteiger partial charge is 0.418 e. The number of carboxylic acids is 1. The van der Waals surface area contributed by atoms with Gasteiger partial charge in [-0.25, -0.2) is 4.79 Å². The maximum atomic E-state index is 12.7. The van der Waals surface area contributed by atoms with Gasteiger partial charge in [0.05, 0.1) is 5.56 Å². The first-order valence-corrected chi connectivity index (χ1v) is 5.60. The summed E-state index contributed by atoms with van der Waals surface area (Å²) in [5.74, 6) is -1.12. The van der Waals surface area contributed by atoms with Crippen molar-refractivity contribution in [2.45, 2.75) is 13.1 Å². The summed E-state index contributed by atoms with van der Waals surface area (Å²) in [4.78, 5) is 10.5. The highest BCUT2D eigenvalue weighted by Crippen LogP contribution is 2.36. The van der Waals surface area contributed by atoms with Crippen molar-refractivity contribution in [3.05, 3.63) is 40.4 Å². The molecule has 1 aromatic carbocycles. The van der Waals surface area contributed by atoms with Gasteiger partial charge in [-0.1, -0.05) is 17.7 Å². The van der Waals surface area contributed by atoms with Crippen molar-refractivity contribution in [1.82, 2.24) is 0 Å². The molecule has 0 aliphatic heterocycles. The van der Waals surface area contributed by atoms with Crippen LogP contribution >= 0.6 is 11.6 Å². The summed E-state index contributed by atoms with van der Waals surface area (Å²) in [6, 6.07) is 3.35. The average molecular weight is 294 g/mol. The van der Waals surface area contributed by atoms with E-state index in [9.17, 15) is 18.0 Å². The Bertz CT molecular complexity index is 512. The fourth-order valence-electron chi connectivity index (χ4n) is 1.31. The van der Waals surface area contributed by atoms with Gasteiger partial charge >= 0.3 is 12.1 Å². The zero-order valence-corrected chi connectivity index (χ0v) is 10.6. The quantitative estimate of drug-likeness (QED) is 0.830. The summed E-state index contributed by atoms with van der Waals surface area (Å²) in [5, 5.41) is 11.1. The molecule has 19 heavy (non-hydrogen) atoms. The summed E-state index contributed by atoms with van der Waals surface area (Å²) in [6.07, 6.45) is -3.24. The molecule has 0 aromatic heterocycles. The number of carboxylic acid groups (broad SMARTS) is 1. The minimum absolute atomic E-state index is 0.0184. The number of alkyl halides is 3. The van der Waals surface area contributed by atoms with E-state index in [4.69, 9.17) is 16.7 Å². The van der Waals surface area contributed by atoms with E-state index < -0.39 is 17.7 Å². The number of anilines is 1. The molecule has 0 unspecified atom stereocenters. The van der Waals surface area contributed by atoms with Gasteiger partial charge in [0.15, 0.2) is 0 Å². The molecule has 104 valence electrons. The topological polar surface area (TPSA) is 49.3 Å². The number of benzene rings is 1. The number of carbonyl (C=O) groups is 1. The van der Waals surface area contributed by atoms with Gasteiger partial charge in [-0.15, -0.1) is 0 Å². The molecule has 0 radical (unpaired) electrons. The highest BCUT2D eigenvalue weighted by molar-refractivity contribution is 6.30. The average Bonchev–Trinajstić information content (AvgIpc) is 2.29. The van der Waals surface area contributed by atoms with Crippen LogP contribution in [0.15, 0.2) is 29.8 Å². The SMILES string of the molecule is C/C(=C/CNc1ccc(Cl)cc1C(F)(F)F)C(=O)O. The first-order chi connectivity index (χ1) is 8.71. The Balaban J connectivity index is 2.90. The fourth-order valence-corrected chi connectivity index (χ4v) is 1.48. The van der Waals surface area contributed by atoms with Crippen LogP contribution in [0.1, 0.15) is 12.5 Å². The Morgan fingerprint density at radius 3 is 2.63 bits per heavy atom. The second kappa shape index (κ2) is 5.97. The maximum absolute atomic E-state index is 12.7. The van der Waals surface area contributed by atoms with E-state index in [0.29, 0.717) is 0 Å². The van der Waals surface area contributed by atoms with E-state index in [1.165, 1.54) is 25.1 Å². The van der Waals surface area contributed by atoms with Gasteiger partial charge in [-0.3, -0.25) is 0 Å². The number of rotatable bonds is 4. The van der Waals surface area contributed by atoms with Crippen molar-refractivity contribution in [3.8, 4) is 0 Å². The Morgan fingerprint density at radius 2 is 2.11 bits per heavy atom. The lowest BCUT2D eigenvalue weighted by atomic mass is 10.1. The van der Waals surface area contributed by atoms with Crippen LogP contribution < -0.4 is 5.32 Å². The molecule has 0 heterocycles. The fraction of sp³-hybridized carbons (Fsp3) is 0.250. The monoisotopic (exact) mass is 293 g/mol. The van der Waals surface area contributed by atoms with Crippen molar-refractivity contribution < 1.29 is 23.1 Å². The first kappa shape index (κ1) is 15.4. The maximum Gasteiger partial charge on any atom is 0.418 e. The summed E-state index contributed by atoms with van der Waals surface area (Å²) >= 11 is 5.53. The predicted octanol–water partition coefficient (Wildman–Crippen LogP) is 3.80. The van der Waals surface area contributed by atoms with Gasteiger partial charge in [0.25, 0.3) is 0 Å². The summed E-state index contributed by atoms with van der Waals surface area (Å²) in [6.45, 7) is 1.33. The molecular formula is C12H11ClF3NO2. The van der Waals surface area contributed by atoms with Crippen LogP contribution in [0.25, 0.3) is 0 Å². The van der Waals surface area contributed by atoms with Crippen molar-refractivity contribution in [3.63, 3.8) is 0 Å². The van der Waals surface area contributed by atoms with E-state index in [1.54, 1.807) is 0 Å². The second-order valence-corrected chi connectivity index (χ2v) is 4.20. The molecule has 0 fully saturated rings. The Morgan fingerprint density at radius 1 is 1.47 bits per heavy atom. The van der Waals surface area contributed by atoms with Crippen LogP contribution in [0.4, 0.5) is 18.9 Å². The minimum atomic E-state index is -4.53. The predicted molar refractivity (Wildman–Crippen MR) is 66.3 cm³/mol. The van der Waals surface area contributed by atoms with E-state index in [1.807, 2.05) is 0 Å². The molecule has 0 atom stereocenters. The van der Waals surface area contributed by atoms with Crippen molar-refractivity contribution >= 4 is 23.3 Å². The van der Waals surface area contributed by atoms with E-state index in [2.05, 4.69) is 5.32 Å². The van der Waals surface area contributed by atoms with Gasteiger partial charge < -0.3 is 10.4 Å².